The van der Waals surface area contributed by atoms with Crippen molar-refractivity contribution in [1.82, 2.24) is 25.5 Å². The quantitative estimate of drug-likeness (QED) is 0.176. The molecule has 0 unspecified atom stereocenters. The van der Waals surface area contributed by atoms with Crippen LogP contribution in [0.25, 0.3) is 22.3 Å². The third-order valence-corrected chi connectivity index (χ3v) is 11.2. The fourth-order valence-corrected chi connectivity index (χ4v) is 8.13. The first kappa shape index (κ1) is 39.4. The Morgan fingerprint density at radius 3 is 2.42 bits per heavy atom. The van der Waals surface area contributed by atoms with Gasteiger partial charge in [-0.3, -0.25) is 14.4 Å². The van der Waals surface area contributed by atoms with E-state index < -0.39 is 58.9 Å². The van der Waals surface area contributed by atoms with E-state index in [-0.39, 0.29) is 31.4 Å². The second-order valence-electron chi connectivity index (χ2n) is 15.6. The van der Waals surface area contributed by atoms with Crippen molar-refractivity contribution in [3.8, 4) is 22.9 Å². The Hall–Kier alpha value is -5.25. The molecule has 0 bridgehead atoms. The van der Waals surface area contributed by atoms with Gasteiger partial charge in [-0.25, -0.2) is 19.6 Å². The summed E-state index contributed by atoms with van der Waals surface area (Å²) in [5.74, 6) is -2.10. The van der Waals surface area contributed by atoms with Gasteiger partial charge < -0.3 is 40.2 Å². The molecule has 1 aromatic carbocycles. The molecule has 3 aromatic rings. The number of likely N-dealkylation sites (tertiary alicyclic amines) is 1. The summed E-state index contributed by atoms with van der Waals surface area (Å²) in [7, 11) is 1.56. The standard InChI is InChI=1S/C39H48N6O9S/c1-8-22-17-39(22,35(49)50)44-33(47)29-14-24(18-45(29)34(48)32(38(4,5)6)43-37(51)54-23-11-9-10-12-23)53-31-16-27(28-19-55-36(42-28)40-21(3)46)41-26-15-30(52-7)20(2)13-25(26)31/h8,13,15-16,19,22-24,29,32H,1,9-12,14,17-18H2,2-7H3,(H,43,51)(H,44,47)(H,49,50)(H,40,42,46)/t22-,24-,29+,32-,39-/m1/s1. The molecule has 15 nitrogen and oxygen atoms in total. The van der Waals surface area contributed by atoms with Gasteiger partial charge in [-0.15, -0.1) is 17.9 Å². The predicted molar refractivity (Wildman–Crippen MR) is 205 cm³/mol. The number of nitrogens with one attached hydrogen (secondary N) is 3. The maximum atomic E-state index is 14.6. The number of amides is 4. The lowest BCUT2D eigenvalue weighted by atomic mass is 9.85. The number of carboxylic acid groups (broad SMARTS) is 1. The Kier molecular flexibility index (Phi) is 11.1. The lowest BCUT2D eigenvalue weighted by molar-refractivity contribution is -0.146. The molecule has 0 spiro atoms. The number of anilines is 1. The summed E-state index contributed by atoms with van der Waals surface area (Å²) in [6.45, 7) is 12.4. The summed E-state index contributed by atoms with van der Waals surface area (Å²) in [6, 6.07) is 3.16. The van der Waals surface area contributed by atoms with Gasteiger partial charge in [0, 0.05) is 42.2 Å². The molecular weight excluding hydrogens is 729 g/mol. The third kappa shape index (κ3) is 8.38. The highest BCUT2D eigenvalue weighted by molar-refractivity contribution is 7.14. The maximum Gasteiger partial charge on any atom is 0.408 e. The number of methoxy groups -OCH3 is 1. The van der Waals surface area contributed by atoms with E-state index in [2.05, 4.69) is 27.5 Å². The molecule has 55 heavy (non-hydrogen) atoms. The number of carbonyl (C=O) groups is 5. The molecule has 0 radical (unpaired) electrons. The predicted octanol–water partition coefficient (Wildman–Crippen LogP) is 5.21. The van der Waals surface area contributed by atoms with E-state index in [1.807, 2.05) is 13.0 Å². The lowest BCUT2D eigenvalue weighted by Gasteiger charge is -2.35. The van der Waals surface area contributed by atoms with Crippen LogP contribution in [0.2, 0.25) is 0 Å². The molecule has 6 rings (SSSR count). The van der Waals surface area contributed by atoms with Crippen LogP contribution in [0.15, 0.2) is 36.2 Å². The summed E-state index contributed by atoms with van der Waals surface area (Å²) in [5.41, 5.74) is -0.0316. The number of aryl methyl sites for hydroxylation is 1. The lowest BCUT2D eigenvalue weighted by Crippen LogP contribution is -2.59. The number of hydrogen-bond acceptors (Lipinski definition) is 11. The van der Waals surface area contributed by atoms with Gasteiger partial charge in [-0.2, -0.15) is 0 Å². The molecule has 4 amide bonds. The number of fused-ring (bicyclic) bond motifs is 1. The second-order valence-corrected chi connectivity index (χ2v) is 16.5. The highest BCUT2D eigenvalue weighted by Crippen LogP contribution is 2.45. The summed E-state index contributed by atoms with van der Waals surface area (Å²) in [4.78, 5) is 76.6. The minimum atomic E-state index is -1.53. The molecular formula is C39H48N6O9S. The van der Waals surface area contributed by atoms with Gasteiger partial charge in [0.05, 0.1) is 24.9 Å². The van der Waals surface area contributed by atoms with Crippen LogP contribution >= 0.6 is 11.3 Å². The average molecular weight is 777 g/mol. The fraction of sp³-hybridized carbons (Fsp3) is 0.513. The van der Waals surface area contributed by atoms with Crippen LogP contribution in [-0.2, 0) is 23.9 Å². The van der Waals surface area contributed by atoms with Gasteiger partial charge in [-0.05, 0) is 56.1 Å². The number of hydrogen-bond donors (Lipinski definition) is 4. The van der Waals surface area contributed by atoms with E-state index >= 15 is 0 Å². The van der Waals surface area contributed by atoms with E-state index in [0.29, 0.717) is 38.9 Å². The third-order valence-electron chi connectivity index (χ3n) is 10.5. The Morgan fingerprint density at radius 1 is 1.07 bits per heavy atom. The van der Waals surface area contributed by atoms with Crippen molar-refractivity contribution in [3.63, 3.8) is 0 Å². The second kappa shape index (κ2) is 15.5. The molecule has 3 aliphatic rings. The van der Waals surface area contributed by atoms with Gasteiger partial charge in [0.25, 0.3) is 0 Å². The zero-order chi connectivity index (χ0) is 39.8. The SMILES string of the molecule is C=C[C@@H]1C[C@]1(NC(=O)[C@@H]1C[C@@H](Oc2cc(-c3csc(NC(C)=O)n3)nc3cc(OC)c(C)cc23)CN1C(=O)[C@@H](NC(=O)OC1CCCC1)C(C)(C)C)C(=O)O. The molecule has 1 saturated heterocycles. The van der Waals surface area contributed by atoms with E-state index in [1.165, 1.54) is 29.2 Å². The van der Waals surface area contributed by atoms with Gasteiger partial charge in [0.15, 0.2) is 5.13 Å². The van der Waals surface area contributed by atoms with Crippen molar-refractivity contribution in [2.75, 3.05) is 19.0 Å². The van der Waals surface area contributed by atoms with Crippen LogP contribution in [0.3, 0.4) is 0 Å². The highest BCUT2D eigenvalue weighted by Gasteiger charge is 2.61. The first-order valence-corrected chi connectivity index (χ1v) is 19.3. The fourth-order valence-electron chi connectivity index (χ4n) is 7.38. The Balaban J connectivity index is 1.34. The normalized spacial score (nSPS) is 22.8. The van der Waals surface area contributed by atoms with E-state index in [1.54, 1.807) is 45.4 Å². The van der Waals surface area contributed by atoms with Crippen LogP contribution < -0.4 is 25.4 Å². The number of thiazole rings is 1. The Labute approximate surface area is 323 Å². The van der Waals surface area contributed by atoms with Crippen LogP contribution in [0.4, 0.5) is 9.93 Å². The summed E-state index contributed by atoms with van der Waals surface area (Å²) in [6.07, 6.45) is 3.43. The first-order chi connectivity index (χ1) is 26.0. The summed E-state index contributed by atoms with van der Waals surface area (Å²) >= 11 is 1.24. The van der Waals surface area contributed by atoms with Crippen LogP contribution in [-0.4, -0.2) is 93.2 Å². The minimum absolute atomic E-state index is 0.0209. The van der Waals surface area contributed by atoms with Gasteiger partial charge in [-0.1, -0.05) is 26.8 Å². The highest BCUT2D eigenvalue weighted by atomic mass is 32.1. The van der Waals surface area contributed by atoms with Crippen molar-refractivity contribution in [2.45, 2.75) is 103 Å². The molecule has 294 valence electrons. The molecule has 2 saturated carbocycles. The molecule has 16 heteroatoms. The van der Waals surface area contributed by atoms with Gasteiger partial charge in [0.1, 0.15) is 47.0 Å². The first-order valence-electron chi connectivity index (χ1n) is 18.4. The van der Waals surface area contributed by atoms with E-state index in [0.717, 1.165) is 31.2 Å². The molecule has 1 aliphatic heterocycles. The monoisotopic (exact) mass is 776 g/mol. The number of benzene rings is 1. The van der Waals surface area contributed by atoms with Crippen LogP contribution in [0.1, 0.15) is 71.8 Å². The largest absolute Gasteiger partial charge is 0.496 e. The van der Waals surface area contributed by atoms with Crippen LogP contribution in [0, 0.1) is 18.3 Å². The Bertz CT molecular complexity index is 2020. The van der Waals surface area contributed by atoms with Crippen LogP contribution in [0.5, 0.6) is 11.5 Å². The molecule has 2 aliphatic carbocycles. The molecule has 5 atom stereocenters. The topological polar surface area (TPSA) is 198 Å². The van der Waals surface area contributed by atoms with Gasteiger partial charge in [0.2, 0.25) is 17.7 Å². The summed E-state index contributed by atoms with van der Waals surface area (Å²) < 4.78 is 17.9. The van der Waals surface area contributed by atoms with Crippen molar-refractivity contribution in [3.05, 3.63) is 41.8 Å². The van der Waals surface area contributed by atoms with E-state index in [4.69, 9.17) is 19.2 Å². The molecule has 3 heterocycles. The number of rotatable bonds is 12. The number of pyridine rings is 1. The number of aliphatic carboxylic acids is 1. The van der Waals surface area contributed by atoms with Gasteiger partial charge >= 0.3 is 12.1 Å². The number of nitrogens with zero attached hydrogens (tertiary/aromatic N) is 3. The number of aromatic nitrogens is 2. The van der Waals surface area contributed by atoms with Crippen molar-refractivity contribution < 1.29 is 43.3 Å². The average Bonchev–Trinajstić information content (AvgIpc) is 3.53. The van der Waals surface area contributed by atoms with E-state index in [9.17, 15) is 29.1 Å². The Morgan fingerprint density at radius 2 is 1.80 bits per heavy atom. The number of carboxylic acids is 1. The van der Waals surface area contributed by atoms with Crippen molar-refractivity contribution >= 4 is 57.2 Å². The zero-order valence-corrected chi connectivity index (χ0v) is 32.7. The smallest absolute Gasteiger partial charge is 0.408 e. The molecule has 2 aromatic heterocycles. The maximum absolute atomic E-state index is 14.6. The molecule has 3 fully saturated rings. The molecule has 4 N–H and O–H groups in total. The zero-order valence-electron chi connectivity index (χ0n) is 31.9. The number of carbonyl (C=O) groups excluding carboxylic acids is 4. The number of ether oxygens (including phenoxy) is 3. The number of alkyl carbamates (subject to hydrolysis) is 1. The van der Waals surface area contributed by atoms with Crippen molar-refractivity contribution in [1.29, 1.82) is 0 Å². The summed E-state index contributed by atoms with van der Waals surface area (Å²) in [5, 5.41) is 21.1. The van der Waals surface area contributed by atoms with Crippen molar-refractivity contribution in [2.24, 2.45) is 11.3 Å². The minimum Gasteiger partial charge on any atom is -0.496 e.